The zero-order chi connectivity index (χ0) is 18.2. The molecule has 136 valence electrons. The van der Waals surface area contributed by atoms with E-state index >= 15 is 0 Å². The molecule has 25 heavy (non-hydrogen) atoms. The summed E-state index contributed by atoms with van der Waals surface area (Å²) >= 11 is 0. The second-order valence-corrected chi connectivity index (χ2v) is 6.33. The molecule has 1 N–H and O–H groups in total. The lowest BCUT2D eigenvalue weighted by Crippen LogP contribution is -2.32. The summed E-state index contributed by atoms with van der Waals surface area (Å²) in [6.45, 7) is 0.968. The van der Waals surface area contributed by atoms with E-state index < -0.39 is 17.8 Å². The van der Waals surface area contributed by atoms with Crippen molar-refractivity contribution in [1.29, 1.82) is 0 Å². The van der Waals surface area contributed by atoms with E-state index in [-0.39, 0.29) is 29.6 Å². The summed E-state index contributed by atoms with van der Waals surface area (Å²) in [4.78, 5) is 14.7. The van der Waals surface area contributed by atoms with E-state index in [9.17, 15) is 18.0 Å². The number of hydrazone groups is 1. The Bertz CT molecular complexity index is 703. The third-order valence-electron chi connectivity index (χ3n) is 4.49. The van der Waals surface area contributed by atoms with Gasteiger partial charge >= 0.3 is 12.3 Å². The molecule has 9 heteroatoms. The van der Waals surface area contributed by atoms with Crippen molar-refractivity contribution in [3.63, 3.8) is 0 Å². The van der Waals surface area contributed by atoms with Crippen molar-refractivity contribution in [3.8, 4) is 0 Å². The third kappa shape index (κ3) is 3.71. The van der Waals surface area contributed by atoms with E-state index in [1.54, 1.807) is 11.0 Å². The fourth-order valence-corrected chi connectivity index (χ4v) is 3.06. The average molecular weight is 356 g/mol. The Labute approximate surface area is 143 Å². The van der Waals surface area contributed by atoms with Crippen LogP contribution in [0.5, 0.6) is 0 Å². The minimum atomic E-state index is -4.49. The first-order chi connectivity index (χ1) is 11.8. The van der Waals surface area contributed by atoms with Crippen molar-refractivity contribution in [1.82, 2.24) is 10.3 Å². The number of rotatable bonds is 3. The number of hydrogen-bond donors (Lipinski definition) is 1. The van der Waals surface area contributed by atoms with Crippen molar-refractivity contribution in [2.45, 2.75) is 18.6 Å². The number of cyclic esters (lactones) is 1. The molecule has 2 aliphatic rings. The van der Waals surface area contributed by atoms with Crippen molar-refractivity contribution in [2.75, 3.05) is 38.7 Å². The number of alkyl halides is 3. The second kappa shape index (κ2) is 6.55. The number of ether oxygens (including phenoxy) is 1. The van der Waals surface area contributed by atoms with E-state index in [1.807, 2.05) is 19.0 Å². The predicted octanol–water partition coefficient (Wildman–Crippen LogP) is 2.29. The molecule has 1 aromatic rings. The second-order valence-electron chi connectivity index (χ2n) is 6.33. The lowest BCUT2D eigenvalue weighted by atomic mass is 10.0. The highest BCUT2D eigenvalue weighted by molar-refractivity contribution is 6.04. The monoisotopic (exact) mass is 356 g/mol. The van der Waals surface area contributed by atoms with E-state index in [4.69, 9.17) is 4.74 Å². The zero-order valence-electron chi connectivity index (χ0n) is 13.9. The Morgan fingerprint density at radius 2 is 2.12 bits per heavy atom. The van der Waals surface area contributed by atoms with Crippen LogP contribution in [0.2, 0.25) is 0 Å². The van der Waals surface area contributed by atoms with Crippen LogP contribution in [-0.2, 0) is 10.9 Å². The first kappa shape index (κ1) is 17.5. The summed E-state index contributed by atoms with van der Waals surface area (Å²) in [5.41, 5.74) is 2.10. The highest BCUT2D eigenvalue weighted by Crippen LogP contribution is 2.38. The van der Waals surface area contributed by atoms with E-state index in [0.717, 1.165) is 12.5 Å². The van der Waals surface area contributed by atoms with Gasteiger partial charge < -0.3 is 14.5 Å². The molecule has 3 rings (SSSR count). The van der Waals surface area contributed by atoms with Crippen LogP contribution in [0.25, 0.3) is 0 Å². The third-order valence-corrected chi connectivity index (χ3v) is 4.49. The molecule has 0 spiro atoms. The van der Waals surface area contributed by atoms with Crippen LogP contribution >= 0.6 is 0 Å². The normalized spacial score (nSPS) is 21.2. The number of carbonyl (C=O) groups is 1. The molecule has 1 saturated heterocycles. The maximum Gasteiger partial charge on any atom is 0.428 e. The van der Waals surface area contributed by atoms with Gasteiger partial charge in [-0.2, -0.15) is 18.3 Å². The number of hydrogen-bond acceptors (Lipinski definition) is 5. The summed E-state index contributed by atoms with van der Waals surface area (Å²) in [7, 11) is 3.86. The molecule has 1 unspecified atom stereocenters. The van der Waals surface area contributed by atoms with Gasteiger partial charge in [0.15, 0.2) is 0 Å². The SMILES string of the molecule is CN(C)C1CCN(c2ccc(C3=NNC(=O)OC3)cc2C(F)(F)F)C1. The summed E-state index contributed by atoms with van der Waals surface area (Å²) in [6.07, 6.45) is -4.39. The van der Waals surface area contributed by atoms with Crippen molar-refractivity contribution in [2.24, 2.45) is 5.10 Å². The molecular formula is C16H19F3N4O2. The smallest absolute Gasteiger partial charge is 0.428 e. The summed E-state index contributed by atoms with van der Waals surface area (Å²) in [5.74, 6) is 0. The largest absolute Gasteiger partial charge is 0.442 e. The van der Waals surface area contributed by atoms with Gasteiger partial charge in [0.05, 0.1) is 5.56 Å². The van der Waals surface area contributed by atoms with Crippen molar-refractivity contribution >= 4 is 17.5 Å². The van der Waals surface area contributed by atoms with Gasteiger partial charge in [0.25, 0.3) is 0 Å². The van der Waals surface area contributed by atoms with Crippen LogP contribution in [0.1, 0.15) is 17.5 Å². The van der Waals surface area contributed by atoms with Gasteiger partial charge in [-0.25, -0.2) is 10.2 Å². The molecule has 0 saturated carbocycles. The summed E-state index contributed by atoms with van der Waals surface area (Å²) in [5, 5.41) is 3.77. The molecule has 2 heterocycles. The Balaban J connectivity index is 1.93. The number of nitrogens with zero attached hydrogens (tertiary/aromatic N) is 3. The Morgan fingerprint density at radius 1 is 1.36 bits per heavy atom. The molecule has 0 aliphatic carbocycles. The standard InChI is InChI=1S/C16H19F3N4O2/c1-22(2)11-5-6-23(8-11)14-4-3-10(7-12(14)16(17,18)19)13-9-25-15(24)21-20-13/h3-4,7,11H,5-6,8-9H2,1-2H3,(H,21,24). The lowest BCUT2D eigenvalue weighted by Gasteiger charge is -2.25. The van der Waals surface area contributed by atoms with Gasteiger partial charge in [-0.3, -0.25) is 0 Å². The number of carbonyl (C=O) groups excluding carboxylic acids is 1. The van der Waals surface area contributed by atoms with Gasteiger partial charge in [0.1, 0.15) is 12.3 Å². The van der Waals surface area contributed by atoms with Crippen LogP contribution in [0.4, 0.5) is 23.7 Å². The quantitative estimate of drug-likeness (QED) is 0.903. The van der Waals surface area contributed by atoms with Crippen LogP contribution < -0.4 is 10.3 Å². The van der Waals surface area contributed by atoms with Gasteiger partial charge in [0.2, 0.25) is 0 Å². The fraction of sp³-hybridized carbons (Fsp3) is 0.500. The topological polar surface area (TPSA) is 57.2 Å². The summed E-state index contributed by atoms with van der Waals surface area (Å²) < 4.78 is 45.5. The highest BCUT2D eigenvalue weighted by Gasteiger charge is 2.37. The lowest BCUT2D eigenvalue weighted by molar-refractivity contribution is -0.137. The van der Waals surface area contributed by atoms with E-state index in [0.29, 0.717) is 13.1 Å². The van der Waals surface area contributed by atoms with Crippen LogP contribution in [0, 0.1) is 0 Å². The number of amides is 1. The molecule has 1 atom stereocenters. The van der Waals surface area contributed by atoms with Crippen LogP contribution in [0.3, 0.4) is 0 Å². The maximum absolute atomic E-state index is 13.6. The summed E-state index contributed by atoms with van der Waals surface area (Å²) in [6, 6.07) is 4.34. The number of benzene rings is 1. The number of nitrogens with one attached hydrogen (secondary N) is 1. The molecule has 0 aromatic heterocycles. The van der Waals surface area contributed by atoms with Gasteiger partial charge in [-0.1, -0.05) is 6.07 Å². The molecule has 1 fully saturated rings. The fourth-order valence-electron chi connectivity index (χ4n) is 3.06. The predicted molar refractivity (Wildman–Crippen MR) is 86.8 cm³/mol. The van der Waals surface area contributed by atoms with Crippen LogP contribution in [-0.4, -0.2) is 56.5 Å². The highest BCUT2D eigenvalue weighted by atomic mass is 19.4. The average Bonchev–Trinajstić information content (AvgIpc) is 3.04. The van der Waals surface area contributed by atoms with Gasteiger partial charge in [-0.05, 0) is 32.6 Å². The molecule has 1 aromatic carbocycles. The van der Waals surface area contributed by atoms with Crippen molar-refractivity contribution in [3.05, 3.63) is 29.3 Å². The minimum Gasteiger partial charge on any atom is -0.442 e. The molecule has 0 radical (unpaired) electrons. The van der Waals surface area contributed by atoms with E-state index in [2.05, 4.69) is 10.5 Å². The number of likely N-dealkylation sites (N-methyl/N-ethyl adjacent to an activating group) is 1. The zero-order valence-corrected chi connectivity index (χ0v) is 13.9. The Kier molecular flexibility index (Phi) is 4.59. The first-order valence-electron chi connectivity index (χ1n) is 7.88. The first-order valence-corrected chi connectivity index (χ1v) is 7.88. The van der Waals surface area contributed by atoms with Gasteiger partial charge in [-0.15, -0.1) is 0 Å². The number of anilines is 1. The van der Waals surface area contributed by atoms with E-state index in [1.165, 1.54) is 6.07 Å². The molecule has 1 amide bonds. The van der Waals surface area contributed by atoms with Crippen molar-refractivity contribution < 1.29 is 22.7 Å². The molecule has 2 aliphatic heterocycles. The molecule has 0 bridgehead atoms. The molecule has 6 nitrogen and oxygen atoms in total. The van der Waals surface area contributed by atoms with Crippen LogP contribution in [0.15, 0.2) is 23.3 Å². The Morgan fingerprint density at radius 3 is 2.68 bits per heavy atom. The number of halogens is 3. The minimum absolute atomic E-state index is 0.158. The van der Waals surface area contributed by atoms with Gasteiger partial charge in [0, 0.05) is 30.4 Å². The Hall–Kier alpha value is -2.29. The molecular weight excluding hydrogens is 337 g/mol. The maximum atomic E-state index is 13.6.